The number of aryl methyl sites for hydroxylation is 1. The minimum absolute atomic E-state index is 0.0937. The smallest absolute Gasteiger partial charge is 0.203 e. The Morgan fingerprint density at radius 1 is 0.920 bits per heavy atom. The highest BCUT2D eigenvalue weighted by molar-refractivity contribution is 5.64. The quantitative estimate of drug-likeness (QED) is 0.736. The molecule has 0 saturated heterocycles. The van der Waals surface area contributed by atoms with Crippen molar-refractivity contribution >= 4 is 5.69 Å². The van der Waals surface area contributed by atoms with E-state index in [0.29, 0.717) is 28.7 Å². The maximum absolute atomic E-state index is 11.1. The van der Waals surface area contributed by atoms with Crippen LogP contribution in [0, 0.1) is 4.91 Å². The van der Waals surface area contributed by atoms with Crippen LogP contribution in [0.3, 0.4) is 0 Å². The normalized spacial score (nSPS) is 15.4. The Labute approximate surface area is 146 Å². The second kappa shape index (κ2) is 7.01. The van der Waals surface area contributed by atoms with E-state index in [2.05, 4.69) is 5.18 Å². The molecule has 0 radical (unpaired) electrons. The summed E-state index contributed by atoms with van der Waals surface area (Å²) in [6.07, 6.45) is 1.80. The van der Waals surface area contributed by atoms with Crippen LogP contribution in [0.4, 0.5) is 5.69 Å². The fourth-order valence-electron chi connectivity index (χ4n) is 3.59. The number of hydrogen-bond acceptors (Lipinski definition) is 6. The van der Waals surface area contributed by atoms with Gasteiger partial charge in [0.25, 0.3) is 0 Å². The second-order valence-corrected chi connectivity index (χ2v) is 5.83. The Bertz CT molecular complexity index is 803. The summed E-state index contributed by atoms with van der Waals surface area (Å²) in [5.74, 6) is 2.48. The summed E-state index contributed by atoms with van der Waals surface area (Å²) in [6.45, 7) is 0. The fourth-order valence-corrected chi connectivity index (χ4v) is 3.59. The number of nitrogens with zero attached hydrogens (tertiary/aromatic N) is 1. The fraction of sp³-hybridized carbons (Fsp3) is 0.368. The van der Waals surface area contributed by atoms with Crippen molar-refractivity contribution in [2.75, 3.05) is 28.4 Å². The Hall–Kier alpha value is -2.76. The molecule has 0 spiro atoms. The number of ether oxygens (including phenoxy) is 4. The number of benzene rings is 2. The number of fused-ring (bicyclic) bond motifs is 1. The van der Waals surface area contributed by atoms with Crippen LogP contribution < -0.4 is 18.9 Å². The summed E-state index contributed by atoms with van der Waals surface area (Å²) in [7, 11) is 6.36. The number of nitroso groups, excluding NO2 is 1. The molecule has 2 aromatic carbocycles. The lowest BCUT2D eigenvalue weighted by Gasteiger charge is -2.20. The minimum atomic E-state index is 0.0937. The van der Waals surface area contributed by atoms with Crippen molar-refractivity contribution in [1.82, 2.24) is 0 Å². The molecule has 0 bridgehead atoms. The molecule has 25 heavy (non-hydrogen) atoms. The van der Waals surface area contributed by atoms with E-state index >= 15 is 0 Å². The molecule has 6 heteroatoms. The molecule has 6 nitrogen and oxygen atoms in total. The minimum Gasteiger partial charge on any atom is -0.494 e. The van der Waals surface area contributed by atoms with Crippen LogP contribution in [-0.2, 0) is 6.42 Å². The summed E-state index contributed by atoms with van der Waals surface area (Å²) in [5.41, 5.74) is 3.53. The van der Waals surface area contributed by atoms with E-state index in [-0.39, 0.29) is 5.92 Å². The van der Waals surface area contributed by atoms with E-state index in [1.54, 1.807) is 33.5 Å². The summed E-state index contributed by atoms with van der Waals surface area (Å²) in [5, 5.41) is 3.08. The van der Waals surface area contributed by atoms with E-state index in [9.17, 15) is 4.91 Å². The molecule has 2 aromatic rings. The van der Waals surface area contributed by atoms with Crippen molar-refractivity contribution in [1.29, 1.82) is 0 Å². The summed E-state index contributed by atoms with van der Waals surface area (Å²) < 4.78 is 21.8. The van der Waals surface area contributed by atoms with Gasteiger partial charge in [-0.05, 0) is 47.3 Å². The first-order valence-corrected chi connectivity index (χ1v) is 8.01. The third kappa shape index (κ3) is 2.77. The first kappa shape index (κ1) is 17.1. The lowest BCUT2D eigenvalue weighted by atomic mass is 9.91. The standard InChI is InChI=1S/C19H21NO5/c1-22-15-8-6-11(9-14(15)20-21)13-7-5-12-10-16(23-2)18(24-3)19(25-4)17(12)13/h6,8-10,13H,5,7H2,1-4H3. The molecule has 3 rings (SSSR count). The maximum atomic E-state index is 11.1. The van der Waals surface area contributed by atoms with Crippen LogP contribution >= 0.6 is 0 Å². The molecular formula is C19H21NO5. The van der Waals surface area contributed by atoms with Gasteiger partial charge in [0.2, 0.25) is 5.75 Å². The van der Waals surface area contributed by atoms with Gasteiger partial charge in [0.15, 0.2) is 11.5 Å². The van der Waals surface area contributed by atoms with Gasteiger partial charge in [-0.25, -0.2) is 0 Å². The van der Waals surface area contributed by atoms with Crippen molar-refractivity contribution in [2.24, 2.45) is 5.18 Å². The molecule has 0 fully saturated rings. The molecule has 0 aromatic heterocycles. The molecule has 1 unspecified atom stereocenters. The van der Waals surface area contributed by atoms with Gasteiger partial charge in [0, 0.05) is 11.5 Å². The van der Waals surface area contributed by atoms with E-state index in [1.165, 1.54) is 7.11 Å². The molecule has 1 aliphatic carbocycles. The van der Waals surface area contributed by atoms with E-state index in [4.69, 9.17) is 18.9 Å². The number of rotatable bonds is 6. The largest absolute Gasteiger partial charge is 0.494 e. The second-order valence-electron chi connectivity index (χ2n) is 5.83. The zero-order valence-corrected chi connectivity index (χ0v) is 14.8. The third-order valence-corrected chi connectivity index (χ3v) is 4.71. The van der Waals surface area contributed by atoms with Gasteiger partial charge in [-0.15, -0.1) is 4.91 Å². The predicted octanol–water partition coefficient (Wildman–Crippen LogP) is 4.20. The van der Waals surface area contributed by atoms with Gasteiger partial charge >= 0.3 is 0 Å². The predicted molar refractivity (Wildman–Crippen MR) is 94.7 cm³/mol. The van der Waals surface area contributed by atoms with Crippen molar-refractivity contribution in [3.63, 3.8) is 0 Å². The molecule has 0 amide bonds. The van der Waals surface area contributed by atoms with Crippen molar-refractivity contribution in [3.8, 4) is 23.0 Å². The van der Waals surface area contributed by atoms with E-state index in [1.807, 2.05) is 12.1 Å². The molecule has 1 atom stereocenters. The van der Waals surface area contributed by atoms with Gasteiger partial charge in [-0.3, -0.25) is 0 Å². The van der Waals surface area contributed by atoms with Crippen LogP contribution in [0.15, 0.2) is 29.4 Å². The average molecular weight is 343 g/mol. The topological polar surface area (TPSA) is 66.3 Å². The van der Waals surface area contributed by atoms with E-state index < -0.39 is 0 Å². The first-order chi connectivity index (χ1) is 12.2. The Balaban J connectivity index is 2.14. The van der Waals surface area contributed by atoms with Gasteiger partial charge in [0.05, 0.1) is 28.4 Å². The summed E-state index contributed by atoms with van der Waals surface area (Å²) in [6, 6.07) is 7.52. The monoisotopic (exact) mass is 343 g/mol. The highest BCUT2D eigenvalue weighted by Crippen LogP contribution is 2.51. The number of methoxy groups -OCH3 is 4. The molecule has 0 heterocycles. The molecule has 132 valence electrons. The van der Waals surface area contributed by atoms with E-state index in [0.717, 1.165) is 29.5 Å². The zero-order chi connectivity index (χ0) is 18.0. The van der Waals surface area contributed by atoms with Crippen molar-refractivity contribution in [3.05, 3.63) is 45.9 Å². The Kier molecular flexibility index (Phi) is 4.79. The summed E-state index contributed by atoms with van der Waals surface area (Å²) in [4.78, 5) is 11.1. The van der Waals surface area contributed by atoms with Gasteiger partial charge < -0.3 is 18.9 Å². The van der Waals surface area contributed by atoms with Crippen molar-refractivity contribution < 1.29 is 18.9 Å². The lowest BCUT2D eigenvalue weighted by Crippen LogP contribution is -2.03. The van der Waals surface area contributed by atoms with Crippen LogP contribution in [0.2, 0.25) is 0 Å². The summed E-state index contributed by atoms with van der Waals surface area (Å²) >= 11 is 0. The first-order valence-electron chi connectivity index (χ1n) is 8.01. The SMILES string of the molecule is COc1ccc(C2CCc3cc(OC)c(OC)c(OC)c32)cc1N=O. The maximum Gasteiger partial charge on any atom is 0.203 e. The van der Waals surface area contributed by atoms with Crippen molar-refractivity contribution in [2.45, 2.75) is 18.8 Å². The molecule has 0 aliphatic heterocycles. The Morgan fingerprint density at radius 3 is 2.24 bits per heavy atom. The van der Waals surface area contributed by atoms with Gasteiger partial charge in [0.1, 0.15) is 11.4 Å². The Morgan fingerprint density at radius 2 is 1.64 bits per heavy atom. The van der Waals surface area contributed by atoms with Gasteiger partial charge in [-0.1, -0.05) is 6.07 Å². The molecule has 0 saturated carbocycles. The van der Waals surface area contributed by atoms with Crippen LogP contribution in [-0.4, -0.2) is 28.4 Å². The highest BCUT2D eigenvalue weighted by Gasteiger charge is 2.32. The van der Waals surface area contributed by atoms with Crippen LogP contribution in [0.25, 0.3) is 0 Å². The highest BCUT2D eigenvalue weighted by atomic mass is 16.5. The molecular weight excluding hydrogens is 322 g/mol. The lowest BCUT2D eigenvalue weighted by molar-refractivity contribution is 0.322. The molecule has 1 aliphatic rings. The number of hydrogen-bond donors (Lipinski definition) is 0. The van der Waals surface area contributed by atoms with Gasteiger partial charge in [-0.2, -0.15) is 0 Å². The van der Waals surface area contributed by atoms with Crippen LogP contribution in [0.5, 0.6) is 23.0 Å². The average Bonchev–Trinajstić information content (AvgIpc) is 3.09. The molecule has 0 N–H and O–H groups in total. The third-order valence-electron chi connectivity index (χ3n) is 4.71. The van der Waals surface area contributed by atoms with Crippen LogP contribution in [0.1, 0.15) is 29.0 Å². The zero-order valence-electron chi connectivity index (χ0n) is 14.8.